The number of nitrogens with zero attached hydrogens (tertiary/aromatic N) is 1. The van der Waals surface area contributed by atoms with Crippen molar-refractivity contribution in [2.45, 2.75) is 13.8 Å². The average Bonchev–Trinajstić information content (AvgIpc) is 3.12. The van der Waals surface area contributed by atoms with Gasteiger partial charge in [-0.1, -0.05) is 77.3 Å². The summed E-state index contributed by atoms with van der Waals surface area (Å²) in [6.07, 6.45) is 0. The van der Waals surface area contributed by atoms with Gasteiger partial charge >= 0.3 is 0 Å². The van der Waals surface area contributed by atoms with Gasteiger partial charge in [-0.15, -0.1) is 0 Å². The summed E-state index contributed by atoms with van der Waals surface area (Å²) in [4.78, 5) is 15.4. The first-order chi connectivity index (χ1) is 14.9. The van der Waals surface area contributed by atoms with Crippen LogP contribution in [0, 0.1) is 24.0 Å². The lowest BCUT2D eigenvalue weighted by Gasteiger charge is -2.11. The molecular formula is C26H19ClN2O2. The van der Waals surface area contributed by atoms with Gasteiger partial charge in [0, 0.05) is 32.9 Å². The van der Waals surface area contributed by atoms with Crippen LogP contribution in [-0.4, -0.2) is 9.91 Å². The first kappa shape index (κ1) is 19.3. The number of hydrogen-bond donors (Lipinski definition) is 1. The molecule has 0 radical (unpaired) electrons. The van der Waals surface area contributed by atoms with E-state index in [-0.39, 0.29) is 10.6 Å². The van der Waals surface area contributed by atoms with Gasteiger partial charge in [0.1, 0.15) is 0 Å². The van der Waals surface area contributed by atoms with Crippen molar-refractivity contribution >= 4 is 39.1 Å². The third-order valence-corrected chi connectivity index (χ3v) is 5.95. The predicted molar refractivity (Wildman–Crippen MR) is 128 cm³/mol. The van der Waals surface area contributed by atoms with Crippen LogP contribution in [0.2, 0.25) is 5.02 Å². The van der Waals surface area contributed by atoms with Gasteiger partial charge in [0.05, 0.1) is 16.0 Å². The van der Waals surface area contributed by atoms with E-state index in [0.29, 0.717) is 10.6 Å². The van der Waals surface area contributed by atoms with Crippen LogP contribution in [0.25, 0.3) is 44.1 Å². The highest BCUT2D eigenvalue weighted by Crippen LogP contribution is 2.45. The number of aromatic nitrogens is 1. The van der Waals surface area contributed by atoms with Gasteiger partial charge in [0.2, 0.25) is 0 Å². The van der Waals surface area contributed by atoms with Crippen molar-refractivity contribution in [3.63, 3.8) is 0 Å². The lowest BCUT2D eigenvalue weighted by atomic mass is 9.92. The van der Waals surface area contributed by atoms with Crippen LogP contribution in [0.15, 0.2) is 72.8 Å². The Hall–Kier alpha value is -3.63. The zero-order chi connectivity index (χ0) is 21.7. The number of hydrogen-bond acceptors (Lipinski definition) is 2. The molecule has 4 nitrogen and oxygen atoms in total. The lowest BCUT2D eigenvalue weighted by Crippen LogP contribution is -1.95. The summed E-state index contributed by atoms with van der Waals surface area (Å²) < 4.78 is 0. The molecule has 1 N–H and O–H groups in total. The minimum absolute atomic E-state index is 0.0859. The maximum Gasteiger partial charge on any atom is 0.278 e. The molecule has 0 bridgehead atoms. The molecule has 0 unspecified atom stereocenters. The Balaban J connectivity index is 1.98. The largest absolute Gasteiger partial charge is 0.354 e. The summed E-state index contributed by atoms with van der Waals surface area (Å²) in [5.74, 6) is 0. The first-order valence-corrected chi connectivity index (χ1v) is 10.4. The molecule has 0 aliphatic carbocycles. The molecule has 0 spiro atoms. The Labute approximate surface area is 184 Å². The molecule has 1 heterocycles. The van der Waals surface area contributed by atoms with Gasteiger partial charge in [-0.05, 0) is 37.1 Å². The number of nitro groups is 1. The number of halogens is 1. The average molecular weight is 427 g/mol. The predicted octanol–water partition coefficient (Wildman–Crippen LogP) is 7.83. The summed E-state index contributed by atoms with van der Waals surface area (Å²) in [7, 11) is 0. The van der Waals surface area contributed by atoms with Gasteiger partial charge in [0.25, 0.3) is 5.69 Å². The summed E-state index contributed by atoms with van der Waals surface area (Å²) in [5.41, 5.74) is 7.18. The molecule has 152 valence electrons. The fraction of sp³-hybridized carbons (Fsp3) is 0.0769. The van der Waals surface area contributed by atoms with Crippen molar-refractivity contribution in [3.05, 3.63) is 99.1 Å². The second-order valence-corrected chi connectivity index (χ2v) is 8.31. The fourth-order valence-corrected chi connectivity index (χ4v) is 4.33. The lowest BCUT2D eigenvalue weighted by molar-refractivity contribution is -0.384. The maximum atomic E-state index is 12.2. The summed E-state index contributed by atoms with van der Waals surface area (Å²) in [6.45, 7) is 4.02. The van der Waals surface area contributed by atoms with Crippen LogP contribution in [-0.2, 0) is 0 Å². The second-order valence-electron chi connectivity index (χ2n) is 7.87. The molecule has 4 aromatic carbocycles. The van der Waals surface area contributed by atoms with E-state index in [0.717, 1.165) is 49.6 Å². The highest BCUT2D eigenvalue weighted by Gasteiger charge is 2.25. The highest BCUT2D eigenvalue weighted by molar-refractivity contribution is 6.32. The van der Waals surface area contributed by atoms with E-state index >= 15 is 0 Å². The van der Waals surface area contributed by atoms with Crippen molar-refractivity contribution in [1.29, 1.82) is 0 Å². The number of aromatic amines is 1. The number of nitrogens with one attached hydrogen (secondary N) is 1. The molecule has 31 heavy (non-hydrogen) atoms. The van der Waals surface area contributed by atoms with E-state index in [9.17, 15) is 10.1 Å². The Morgan fingerprint density at radius 3 is 2.06 bits per heavy atom. The van der Waals surface area contributed by atoms with Crippen LogP contribution in [0.4, 0.5) is 5.69 Å². The Bertz CT molecular complexity index is 1470. The Morgan fingerprint density at radius 1 is 0.839 bits per heavy atom. The fourth-order valence-electron chi connectivity index (χ4n) is 4.16. The molecule has 0 amide bonds. The second kappa shape index (κ2) is 7.25. The Morgan fingerprint density at radius 2 is 1.45 bits per heavy atom. The molecule has 0 aliphatic rings. The SMILES string of the molecule is Cc1ccc(-c2cc([N+](=O)[O-])c(-c3ccc(C)cc3)c3c2[nH]c2cc(Cl)ccc23)cc1. The van der Waals surface area contributed by atoms with E-state index < -0.39 is 0 Å². The minimum atomic E-state index is -0.291. The van der Waals surface area contributed by atoms with Crippen molar-refractivity contribution in [3.8, 4) is 22.3 Å². The number of benzene rings is 4. The molecule has 0 aliphatic heterocycles. The van der Waals surface area contributed by atoms with Crippen molar-refractivity contribution < 1.29 is 4.92 Å². The van der Waals surface area contributed by atoms with Crippen LogP contribution in [0.5, 0.6) is 0 Å². The van der Waals surface area contributed by atoms with E-state index in [4.69, 9.17) is 11.6 Å². The van der Waals surface area contributed by atoms with Crippen LogP contribution in [0.1, 0.15) is 11.1 Å². The van der Waals surface area contributed by atoms with E-state index in [1.807, 2.05) is 80.6 Å². The number of rotatable bonds is 3. The quantitative estimate of drug-likeness (QED) is 0.236. The van der Waals surface area contributed by atoms with Crippen molar-refractivity contribution in [2.75, 3.05) is 0 Å². The third kappa shape index (κ3) is 3.25. The normalized spacial score (nSPS) is 11.3. The molecule has 5 heteroatoms. The molecular weight excluding hydrogens is 408 g/mol. The molecule has 0 fully saturated rings. The van der Waals surface area contributed by atoms with Crippen LogP contribution < -0.4 is 0 Å². The number of H-pyrrole nitrogens is 1. The molecule has 0 atom stereocenters. The van der Waals surface area contributed by atoms with E-state index in [1.54, 1.807) is 6.07 Å². The van der Waals surface area contributed by atoms with E-state index in [2.05, 4.69) is 4.98 Å². The van der Waals surface area contributed by atoms with Crippen molar-refractivity contribution in [2.24, 2.45) is 0 Å². The minimum Gasteiger partial charge on any atom is -0.354 e. The summed E-state index contributed by atoms with van der Waals surface area (Å²) in [5, 5.41) is 14.6. The van der Waals surface area contributed by atoms with Crippen molar-refractivity contribution in [1.82, 2.24) is 4.98 Å². The van der Waals surface area contributed by atoms with Gasteiger partial charge in [0.15, 0.2) is 0 Å². The molecule has 1 aromatic heterocycles. The number of fused-ring (bicyclic) bond motifs is 3. The molecule has 5 rings (SSSR count). The smallest absolute Gasteiger partial charge is 0.278 e. The molecule has 0 saturated heterocycles. The Kier molecular flexibility index (Phi) is 4.53. The van der Waals surface area contributed by atoms with Gasteiger partial charge in [-0.2, -0.15) is 0 Å². The third-order valence-electron chi connectivity index (χ3n) is 5.72. The topological polar surface area (TPSA) is 58.9 Å². The summed E-state index contributed by atoms with van der Waals surface area (Å²) >= 11 is 6.25. The van der Waals surface area contributed by atoms with Crippen LogP contribution in [0.3, 0.4) is 0 Å². The zero-order valence-corrected chi connectivity index (χ0v) is 17.8. The highest BCUT2D eigenvalue weighted by atomic mass is 35.5. The van der Waals surface area contributed by atoms with E-state index in [1.165, 1.54) is 0 Å². The maximum absolute atomic E-state index is 12.2. The van der Waals surface area contributed by atoms with Gasteiger partial charge in [-0.3, -0.25) is 10.1 Å². The molecule has 0 saturated carbocycles. The van der Waals surface area contributed by atoms with Gasteiger partial charge in [-0.25, -0.2) is 0 Å². The van der Waals surface area contributed by atoms with Gasteiger partial charge < -0.3 is 4.98 Å². The number of nitro benzene ring substituents is 1. The number of aryl methyl sites for hydroxylation is 2. The monoisotopic (exact) mass is 426 g/mol. The first-order valence-electron chi connectivity index (χ1n) is 9.99. The molecule has 5 aromatic rings. The van der Waals surface area contributed by atoms with Crippen LogP contribution >= 0.6 is 11.6 Å². The zero-order valence-electron chi connectivity index (χ0n) is 17.1. The standard InChI is InChI=1S/C26H19ClN2O2/c1-15-3-7-17(8-4-15)21-14-23(29(30)31)24(18-9-5-16(2)6-10-18)25-20-12-11-19(27)13-22(20)28-26(21)25/h3-14,28H,1-2H3. The summed E-state index contributed by atoms with van der Waals surface area (Å²) in [6, 6.07) is 23.2.